The average molecular weight is 415 g/mol. The summed E-state index contributed by atoms with van der Waals surface area (Å²) in [5.74, 6) is 1.22. The van der Waals surface area contributed by atoms with Crippen molar-refractivity contribution in [3.63, 3.8) is 0 Å². The van der Waals surface area contributed by atoms with Gasteiger partial charge in [0.15, 0.2) is 17.6 Å². The highest BCUT2D eigenvalue weighted by Crippen LogP contribution is 2.31. The van der Waals surface area contributed by atoms with Gasteiger partial charge in [0, 0.05) is 13.0 Å². The molecule has 0 spiro atoms. The number of carbonyl (C=O) groups is 2. The van der Waals surface area contributed by atoms with Crippen molar-refractivity contribution in [2.24, 2.45) is 0 Å². The molecule has 0 aliphatic heterocycles. The summed E-state index contributed by atoms with van der Waals surface area (Å²) in [7, 11) is 4.73. The first kappa shape index (κ1) is 23.1. The van der Waals surface area contributed by atoms with Crippen LogP contribution in [0.3, 0.4) is 0 Å². The molecule has 0 aromatic heterocycles. The second-order valence-corrected chi connectivity index (χ2v) is 6.67. The van der Waals surface area contributed by atoms with Crippen molar-refractivity contribution in [1.82, 2.24) is 5.32 Å². The monoisotopic (exact) mass is 415 g/mol. The van der Waals surface area contributed by atoms with E-state index in [1.807, 2.05) is 36.4 Å². The number of hydrogen-bond donors (Lipinski definition) is 1. The molecule has 7 heteroatoms. The van der Waals surface area contributed by atoms with E-state index in [0.717, 1.165) is 16.9 Å². The van der Waals surface area contributed by atoms with Crippen LogP contribution in [0.1, 0.15) is 24.5 Å². The quantitative estimate of drug-likeness (QED) is 0.568. The fourth-order valence-electron chi connectivity index (χ4n) is 2.96. The van der Waals surface area contributed by atoms with Gasteiger partial charge in [0.05, 0.1) is 21.3 Å². The molecule has 1 unspecified atom stereocenters. The molecule has 2 rings (SSSR count). The lowest BCUT2D eigenvalue weighted by Crippen LogP contribution is -2.36. The number of benzene rings is 2. The number of hydrogen-bond acceptors (Lipinski definition) is 6. The zero-order chi connectivity index (χ0) is 21.9. The molecular formula is C23H29NO6. The standard InChI is InChI=1S/C23H29NO6/c1-16(23(26)24-15-14-17-8-11-19(27-2)12-9-17)30-21(25)13-10-18-6-5-7-20(28-3)22(18)29-4/h5-9,11-12,16H,10,13-15H2,1-4H3,(H,24,26). The van der Waals surface area contributed by atoms with Crippen LogP contribution < -0.4 is 19.5 Å². The molecule has 2 aromatic rings. The zero-order valence-electron chi connectivity index (χ0n) is 17.9. The van der Waals surface area contributed by atoms with Gasteiger partial charge in [-0.2, -0.15) is 0 Å². The van der Waals surface area contributed by atoms with Crippen molar-refractivity contribution in [2.45, 2.75) is 32.3 Å². The Kier molecular flexibility index (Phi) is 9.00. The Bertz CT molecular complexity index is 834. The van der Waals surface area contributed by atoms with Crippen molar-refractivity contribution in [1.29, 1.82) is 0 Å². The van der Waals surface area contributed by atoms with Gasteiger partial charge in [0.1, 0.15) is 5.75 Å². The number of para-hydroxylation sites is 1. The van der Waals surface area contributed by atoms with Crippen molar-refractivity contribution in [3.05, 3.63) is 53.6 Å². The van der Waals surface area contributed by atoms with Crippen molar-refractivity contribution in [3.8, 4) is 17.2 Å². The van der Waals surface area contributed by atoms with Crippen LogP contribution in [0.2, 0.25) is 0 Å². The Balaban J connectivity index is 1.76. The normalized spacial score (nSPS) is 11.3. The van der Waals surface area contributed by atoms with E-state index in [2.05, 4.69) is 5.32 Å². The molecule has 0 saturated heterocycles. The number of esters is 1. The van der Waals surface area contributed by atoms with Gasteiger partial charge >= 0.3 is 5.97 Å². The topological polar surface area (TPSA) is 83.1 Å². The number of carbonyl (C=O) groups excluding carboxylic acids is 2. The van der Waals surface area contributed by atoms with E-state index in [-0.39, 0.29) is 12.3 Å². The van der Waals surface area contributed by atoms with Crippen LogP contribution >= 0.6 is 0 Å². The van der Waals surface area contributed by atoms with Crippen LogP contribution in [0.25, 0.3) is 0 Å². The minimum atomic E-state index is -0.861. The Morgan fingerprint density at radius 1 is 0.933 bits per heavy atom. The van der Waals surface area contributed by atoms with E-state index in [1.165, 1.54) is 0 Å². The lowest BCUT2D eigenvalue weighted by Gasteiger charge is -2.15. The number of aryl methyl sites for hydroxylation is 1. The highest BCUT2D eigenvalue weighted by Gasteiger charge is 2.18. The molecule has 1 amide bonds. The van der Waals surface area contributed by atoms with Gasteiger partial charge in [-0.3, -0.25) is 9.59 Å². The van der Waals surface area contributed by atoms with Crippen molar-refractivity contribution >= 4 is 11.9 Å². The summed E-state index contributed by atoms with van der Waals surface area (Å²) in [6, 6.07) is 13.1. The Morgan fingerprint density at radius 3 is 2.30 bits per heavy atom. The van der Waals surface area contributed by atoms with E-state index < -0.39 is 12.1 Å². The van der Waals surface area contributed by atoms with Crippen LogP contribution in [0.5, 0.6) is 17.2 Å². The van der Waals surface area contributed by atoms with E-state index in [9.17, 15) is 9.59 Å². The number of methoxy groups -OCH3 is 3. The van der Waals surface area contributed by atoms with Gasteiger partial charge < -0.3 is 24.3 Å². The number of nitrogens with one attached hydrogen (secondary N) is 1. The molecule has 2 aromatic carbocycles. The summed E-state index contributed by atoms with van der Waals surface area (Å²) >= 11 is 0. The molecule has 30 heavy (non-hydrogen) atoms. The van der Waals surface area contributed by atoms with Crippen molar-refractivity contribution < 1.29 is 28.5 Å². The third-order valence-electron chi connectivity index (χ3n) is 4.63. The second kappa shape index (κ2) is 11.7. The molecule has 0 radical (unpaired) electrons. The summed E-state index contributed by atoms with van der Waals surface area (Å²) in [5, 5.41) is 2.79. The minimum absolute atomic E-state index is 0.132. The van der Waals surface area contributed by atoms with E-state index in [1.54, 1.807) is 34.3 Å². The van der Waals surface area contributed by atoms with Crippen LogP contribution in [-0.4, -0.2) is 45.9 Å². The Labute approximate surface area is 177 Å². The van der Waals surface area contributed by atoms with Crippen LogP contribution in [0.4, 0.5) is 0 Å². The smallest absolute Gasteiger partial charge is 0.306 e. The first-order chi connectivity index (χ1) is 14.5. The molecule has 0 heterocycles. The van der Waals surface area contributed by atoms with Crippen LogP contribution in [0.15, 0.2) is 42.5 Å². The summed E-state index contributed by atoms with van der Waals surface area (Å²) in [6.07, 6.45) is 0.366. The average Bonchev–Trinajstić information content (AvgIpc) is 2.77. The van der Waals surface area contributed by atoms with Gasteiger partial charge in [0.2, 0.25) is 0 Å². The molecule has 7 nitrogen and oxygen atoms in total. The third kappa shape index (κ3) is 6.69. The highest BCUT2D eigenvalue weighted by atomic mass is 16.5. The van der Waals surface area contributed by atoms with Gasteiger partial charge in [-0.25, -0.2) is 0 Å². The van der Waals surface area contributed by atoms with E-state index in [4.69, 9.17) is 18.9 Å². The SMILES string of the molecule is COc1ccc(CCNC(=O)C(C)OC(=O)CCc2cccc(OC)c2OC)cc1. The second-order valence-electron chi connectivity index (χ2n) is 6.67. The summed E-state index contributed by atoms with van der Waals surface area (Å²) in [5.41, 5.74) is 1.92. The molecule has 1 N–H and O–H groups in total. The maximum atomic E-state index is 12.2. The minimum Gasteiger partial charge on any atom is -0.497 e. The maximum absolute atomic E-state index is 12.2. The number of ether oxygens (including phenoxy) is 4. The van der Waals surface area contributed by atoms with E-state index >= 15 is 0 Å². The Hall–Kier alpha value is -3.22. The Morgan fingerprint density at radius 2 is 1.67 bits per heavy atom. The number of amides is 1. The fourth-order valence-corrected chi connectivity index (χ4v) is 2.96. The lowest BCUT2D eigenvalue weighted by atomic mass is 10.1. The zero-order valence-corrected chi connectivity index (χ0v) is 17.9. The fraction of sp³-hybridized carbons (Fsp3) is 0.391. The highest BCUT2D eigenvalue weighted by molar-refractivity contribution is 5.83. The van der Waals surface area contributed by atoms with Gasteiger partial charge in [-0.05, 0) is 49.1 Å². The first-order valence-electron chi connectivity index (χ1n) is 9.78. The lowest BCUT2D eigenvalue weighted by molar-refractivity contribution is -0.154. The third-order valence-corrected chi connectivity index (χ3v) is 4.63. The largest absolute Gasteiger partial charge is 0.497 e. The predicted octanol–water partition coefficient (Wildman–Crippen LogP) is 2.94. The summed E-state index contributed by atoms with van der Waals surface area (Å²) < 4.78 is 21.0. The van der Waals surface area contributed by atoms with Gasteiger partial charge in [-0.15, -0.1) is 0 Å². The molecular weight excluding hydrogens is 386 g/mol. The van der Waals surface area contributed by atoms with Crippen molar-refractivity contribution in [2.75, 3.05) is 27.9 Å². The van der Waals surface area contributed by atoms with E-state index in [0.29, 0.717) is 30.9 Å². The van der Waals surface area contributed by atoms with Gasteiger partial charge in [-0.1, -0.05) is 24.3 Å². The molecule has 162 valence electrons. The number of rotatable bonds is 11. The first-order valence-corrected chi connectivity index (χ1v) is 9.78. The van der Waals surface area contributed by atoms with Crippen LogP contribution in [-0.2, 0) is 27.2 Å². The predicted molar refractivity (Wildman–Crippen MR) is 113 cm³/mol. The summed E-state index contributed by atoms with van der Waals surface area (Å²) in [6.45, 7) is 2.01. The van der Waals surface area contributed by atoms with Gasteiger partial charge in [0.25, 0.3) is 5.91 Å². The molecule has 0 aliphatic rings. The molecule has 0 saturated carbocycles. The molecule has 1 atom stereocenters. The molecule has 0 bridgehead atoms. The molecule has 0 aliphatic carbocycles. The maximum Gasteiger partial charge on any atom is 0.306 e. The summed E-state index contributed by atoms with van der Waals surface area (Å²) in [4.78, 5) is 24.3. The molecule has 0 fully saturated rings. The van der Waals surface area contributed by atoms with Crippen LogP contribution in [0, 0.1) is 0 Å².